The fourth-order valence-corrected chi connectivity index (χ4v) is 1.80. The highest BCUT2D eigenvalue weighted by atomic mass is 35.5. The maximum absolute atomic E-state index is 13.7. The van der Waals surface area contributed by atoms with Crippen molar-refractivity contribution in [3.8, 4) is 0 Å². The van der Waals surface area contributed by atoms with E-state index in [-0.39, 0.29) is 6.42 Å². The van der Waals surface area contributed by atoms with E-state index >= 15 is 0 Å². The van der Waals surface area contributed by atoms with Crippen molar-refractivity contribution in [2.24, 2.45) is 0 Å². The van der Waals surface area contributed by atoms with Crippen molar-refractivity contribution in [2.75, 3.05) is 0 Å². The Kier molecular flexibility index (Phi) is 3.58. The second kappa shape index (κ2) is 4.42. The predicted octanol–water partition coefficient (Wildman–Crippen LogP) is 3.54. The molecule has 88 valence electrons. The summed E-state index contributed by atoms with van der Waals surface area (Å²) in [6, 6.07) is 2.84. The SMILES string of the molecule is Cc1cc(F)c(C(C)(C)CC(=O)O)cc1Cl. The van der Waals surface area contributed by atoms with Gasteiger partial charge in [0, 0.05) is 10.4 Å². The third-order valence-corrected chi connectivity index (χ3v) is 2.98. The summed E-state index contributed by atoms with van der Waals surface area (Å²) >= 11 is 5.91. The molecule has 0 aliphatic carbocycles. The Hall–Kier alpha value is -1.09. The predicted molar refractivity (Wildman–Crippen MR) is 61.4 cm³/mol. The van der Waals surface area contributed by atoms with Crippen molar-refractivity contribution >= 4 is 17.6 Å². The largest absolute Gasteiger partial charge is 0.481 e. The molecule has 0 amide bonds. The van der Waals surface area contributed by atoms with Crippen molar-refractivity contribution < 1.29 is 14.3 Å². The van der Waals surface area contributed by atoms with Crippen molar-refractivity contribution in [3.05, 3.63) is 34.1 Å². The molecule has 1 aromatic carbocycles. The van der Waals surface area contributed by atoms with E-state index in [1.54, 1.807) is 20.8 Å². The van der Waals surface area contributed by atoms with Gasteiger partial charge < -0.3 is 5.11 Å². The van der Waals surface area contributed by atoms with E-state index in [1.165, 1.54) is 12.1 Å². The average Bonchev–Trinajstić information content (AvgIpc) is 2.08. The van der Waals surface area contributed by atoms with E-state index < -0.39 is 17.2 Å². The van der Waals surface area contributed by atoms with Crippen LogP contribution in [0.3, 0.4) is 0 Å². The molecule has 0 atom stereocenters. The van der Waals surface area contributed by atoms with E-state index in [0.29, 0.717) is 16.1 Å². The standard InChI is InChI=1S/C12H14ClFO2/c1-7-4-10(14)8(5-9(7)13)12(2,3)6-11(15)16/h4-5H,6H2,1-3H3,(H,15,16). The molecule has 1 rings (SSSR count). The summed E-state index contributed by atoms with van der Waals surface area (Å²) in [6.45, 7) is 5.08. The Morgan fingerprint density at radius 2 is 2.06 bits per heavy atom. The summed E-state index contributed by atoms with van der Waals surface area (Å²) in [7, 11) is 0. The van der Waals surface area contributed by atoms with E-state index in [4.69, 9.17) is 16.7 Å². The van der Waals surface area contributed by atoms with E-state index in [1.807, 2.05) is 0 Å². The van der Waals surface area contributed by atoms with Gasteiger partial charge in [-0.25, -0.2) is 4.39 Å². The van der Waals surface area contributed by atoms with Gasteiger partial charge in [-0.3, -0.25) is 4.79 Å². The van der Waals surface area contributed by atoms with Crippen LogP contribution in [0.5, 0.6) is 0 Å². The lowest BCUT2D eigenvalue weighted by atomic mass is 9.81. The molecule has 4 heteroatoms. The molecule has 0 heterocycles. The molecule has 0 fully saturated rings. The fraction of sp³-hybridized carbons (Fsp3) is 0.417. The zero-order valence-electron chi connectivity index (χ0n) is 9.47. The molecule has 0 unspecified atom stereocenters. The number of rotatable bonds is 3. The van der Waals surface area contributed by atoms with Gasteiger partial charge in [-0.05, 0) is 30.2 Å². The van der Waals surface area contributed by atoms with Crippen LogP contribution in [0.25, 0.3) is 0 Å². The third-order valence-electron chi connectivity index (χ3n) is 2.57. The van der Waals surface area contributed by atoms with Gasteiger partial charge in [0.05, 0.1) is 6.42 Å². The smallest absolute Gasteiger partial charge is 0.304 e. The molecule has 0 aliphatic heterocycles. The molecule has 0 spiro atoms. The Balaban J connectivity index is 3.22. The lowest BCUT2D eigenvalue weighted by Crippen LogP contribution is -2.23. The van der Waals surface area contributed by atoms with Gasteiger partial charge in [0.1, 0.15) is 5.82 Å². The molecule has 0 bridgehead atoms. The molecule has 0 saturated heterocycles. The fourth-order valence-electron chi connectivity index (χ4n) is 1.64. The Morgan fingerprint density at radius 3 is 2.56 bits per heavy atom. The molecular formula is C12H14ClFO2. The lowest BCUT2D eigenvalue weighted by molar-refractivity contribution is -0.138. The minimum absolute atomic E-state index is 0.136. The number of carbonyl (C=O) groups is 1. The highest BCUT2D eigenvalue weighted by Crippen LogP contribution is 2.32. The average molecular weight is 245 g/mol. The highest BCUT2D eigenvalue weighted by molar-refractivity contribution is 6.31. The highest BCUT2D eigenvalue weighted by Gasteiger charge is 2.27. The van der Waals surface area contributed by atoms with Crippen LogP contribution in [0.4, 0.5) is 4.39 Å². The van der Waals surface area contributed by atoms with Crippen LogP contribution < -0.4 is 0 Å². The molecule has 0 aliphatic rings. The van der Waals surface area contributed by atoms with Crippen LogP contribution in [0, 0.1) is 12.7 Å². The monoisotopic (exact) mass is 244 g/mol. The van der Waals surface area contributed by atoms with Gasteiger partial charge in [-0.2, -0.15) is 0 Å². The number of halogens is 2. The molecule has 0 radical (unpaired) electrons. The first-order valence-electron chi connectivity index (χ1n) is 4.92. The van der Waals surface area contributed by atoms with Crippen LogP contribution in [-0.2, 0) is 10.2 Å². The summed E-state index contributed by atoms with van der Waals surface area (Å²) in [5, 5.41) is 9.22. The van der Waals surface area contributed by atoms with Crippen LogP contribution in [-0.4, -0.2) is 11.1 Å². The van der Waals surface area contributed by atoms with E-state index in [0.717, 1.165) is 0 Å². The minimum atomic E-state index is -0.957. The minimum Gasteiger partial charge on any atom is -0.481 e. The number of carboxylic acids is 1. The van der Waals surface area contributed by atoms with Crippen molar-refractivity contribution in [1.29, 1.82) is 0 Å². The second-order valence-corrected chi connectivity index (χ2v) is 4.94. The van der Waals surface area contributed by atoms with Crippen LogP contribution in [0.1, 0.15) is 31.4 Å². The number of benzene rings is 1. The Bertz CT molecular complexity index is 427. The first-order chi connectivity index (χ1) is 7.24. The summed E-state index contributed by atoms with van der Waals surface area (Å²) in [5.74, 6) is -1.37. The molecule has 16 heavy (non-hydrogen) atoms. The van der Waals surface area contributed by atoms with Crippen LogP contribution in [0.15, 0.2) is 12.1 Å². The maximum Gasteiger partial charge on any atom is 0.304 e. The summed E-state index contributed by atoms with van der Waals surface area (Å²) in [4.78, 5) is 10.7. The van der Waals surface area contributed by atoms with E-state index in [2.05, 4.69) is 0 Å². The van der Waals surface area contributed by atoms with Gasteiger partial charge in [0.15, 0.2) is 0 Å². The van der Waals surface area contributed by atoms with Gasteiger partial charge in [0.2, 0.25) is 0 Å². The van der Waals surface area contributed by atoms with Gasteiger partial charge >= 0.3 is 5.97 Å². The molecule has 1 N–H and O–H groups in total. The topological polar surface area (TPSA) is 37.3 Å². The first kappa shape index (κ1) is 13.0. The summed E-state index contributed by atoms with van der Waals surface area (Å²) < 4.78 is 13.7. The van der Waals surface area contributed by atoms with Crippen molar-refractivity contribution in [1.82, 2.24) is 0 Å². The molecule has 2 nitrogen and oxygen atoms in total. The molecule has 0 saturated carbocycles. The van der Waals surface area contributed by atoms with Crippen molar-refractivity contribution in [3.63, 3.8) is 0 Å². The maximum atomic E-state index is 13.7. The zero-order valence-corrected chi connectivity index (χ0v) is 10.2. The van der Waals surface area contributed by atoms with Gasteiger partial charge in [-0.15, -0.1) is 0 Å². The number of aryl methyl sites for hydroxylation is 1. The molecule has 0 aromatic heterocycles. The number of aliphatic carboxylic acids is 1. The Labute approximate surface area is 99.0 Å². The molecular weight excluding hydrogens is 231 g/mol. The Morgan fingerprint density at radius 1 is 1.50 bits per heavy atom. The summed E-state index contributed by atoms with van der Waals surface area (Å²) in [6.07, 6.45) is -0.136. The number of hydrogen-bond donors (Lipinski definition) is 1. The van der Waals surface area contributed by atoms with E-state index in [9.17, 15) is 9.18 Å². The third kappa shape index (κ3) is 2.73. The second-order valence-electron chi connectivity index (χ2n) is 4.54. The quantitative estimate of drug-likeness (QED) is 0.883. The van der Waals surface area contributed by atoms with Gasteiger partial charge in [-0.1, -0.05) is 25.4 Å². The zero-order chi connectivity index (χ0) is 12.5. The lowest BCUT2D eigenvalue weighted by Gasteiger charge is -2.24. The number of carboxylic acid groups (broad SMARTS) is 1. The number of hydrogen-bond acceptors (Lipinski definition) is 1. The summed E-state index contributed by atoms with van der Waals surface area (Å²) in [5.41, 5.74) is 0.215. The van der Waals surface area contributed by atoms with Crippen LogP contribution in [0.2, 0.25) is 5.02 Å². The van der Waals surface area contributed by atoms with Crippen molar-refractivity contribution in [2.45, 2.75) is 32.6 Å². The first-order valence-corrected chi connectivity index (χ1v) is 5.30. The molecule has 1 aromatic rings. The van der Waals surface area contributed by atoms with Gasteiger partial charge in [0.25, 0.3) is 0 Å². The normalized spacial score (nSPS) is 11.6. The van der Waals surface area contributed by atoms with Crippen LogP contribution >= 0.6 is 11.6 Å².